The fourth-order valence-electron chi connectivity index (χ4n) is 2.89. The molecule has 0 aliphatic carbocycles. The van der Waals surface area contributed by atoms with Crippen molar-refractivity contribution in [3.8, 4) is 0 Å². The first-order chi connectivity index (χ1) is 11.5. The lowest BCUT2D eigenvalue weighted by molar-refractivity contribution is 0.0705. The van der Waals surface area contributed by atoms with Gasteiger partial charge in [-0.3, -0.25) is 4.79 Å². The molecule has 4 nitrogen and oxygen atoms in total. The van der Waals surface area contributed by atoms with Crippen LogP contribution in [0.25, 0.3) is 0 Å². The van der Waals surface area contributed by atoms with Crippen LogP contribution in [-0.4, -0.2) is 48.6 Å². The van der Waals surface area contributed by atoms with Gasteiger partial charge in [0.25, 0.3) is 5.91 Å². The van der Waals surface area contributed by atoms with Gasteiger partial charge in [0.2, 0.25) is 0 Å². The summed E-state index contributed by atoms with van der Waals surface area (Å²) in [5, 5.41) is 9.40. The lowest BCUT2D eigenvalue weighted by Crippen LogP contribution is -2.32. The van der Waals surface area contributed by atoms with Crippen molar-refractivity contribution >= 4 is 5.91 Å². The van der Waals surface area contributed by atoms with Gasteiger partial charge in [0, 0.05) is 25.8 Å². The maximum absolute atomic E-state index is 12.9. The summed E-state index contributed by atoms with van der Waals surface area (Å²) in [5.41, 5.74) is 2.82. The minimum atomic E-state index is -0.138. The molecular weight excluding hydrogens is 300 g/mol. The van der Waals surface area contributed by atoms with Gasteiger partial charge >= 0.3 is 0 Å². The van der Waals surface area contributed by atoms with Crippen LogP contribution in [-0.2, 0) is 6.54 Å². The first kappa shape index (κ1) is 18.2. The summed E-state index contributed by atoms with van der Waals surface area (Å²) in [6.07, 6.45) is 0.518. The Morgan fingerprint density at radius 3 is 2.38 bits per heavy atom. The topological polar surface area (TPSA) is 43.8 Å². The molecule has 0 aliphatic rings. The largest absolute Gasteiger partial charge is 0.396 e. The molecule has 0 fully saturated rings. The van der Waals surface area contributed by atoms with E-state index in [0.29, 0.717) is 12.0 Å². The van der Waals surface area contributed by atoms with Crippen LogP contribution in [0, 0.1) is 0 Å². The molecular formula is C20H26N2O2. The molecule has 0 spiro atoms. The number of carbonyl (C=O) groups is 1. The number of hydrogen-bond acceptors (Lipinski definition) is 3. The van der Waals surface area contributed by atoms with Gasteiger partial charge in [0.1, 0.15) is 0 Å². The highest BCUT2D eigenvalue weighted by Crippen LogP contribution is 2.24. The zero-order valence-electron chi connectivity index (χ0n) is 14.6. The van der Waals surface area contributed by atoms with Crippen molar-refractivity contribution in [1.29, 1.82) is 0 Å². The quantitative estimate of drug-likeness (QED) is 0.851. The molecule has 0 aromatic heterocycles. The predicted octanol–water partition coefficient (Wildman–Crippen LogP) is 2.94. The van der Waals surface area contributed by atoms with Crippen LogP contribution >= 0.6 is 0 Å². The van der Waals surface area contributed by atoms with Gasteiger partial charge in [0.15, 0.2) is 0 Å². The molecule has 128 valence electrons. The van der Waals surface area contributed by atoms with E-state index in [4.69, 9.17) is 0 Å². The van der Waals surface area contributed by atoms with E-state index in [9.17, 15) is 9.90 Å². The molecule has 0 saturated carbocycles. The zero-order valence-corrected chi connectivity index (χ0v) is 14.6. The number of carbonyl (C=O) groups excluding carboxylic acids is 1. The molecule has 0 heterocycles. The molecule has 1 amide bonds. The second-order valence-electron chi connectivity index (χ2n) is 6.29. The zero-order chi connectivity index (χ0) is 17.5. The van der Waals surface area contributed by atoms with Crippen LogP contribution in [0.5, 0.6) is 0 Å². The van der Waals surface area contributed by atoms with Crippen LogP contribution in [0.1, 0.15) is 33.9 Å². The molecule has 2 rings (SSSR count). The molecule has 0 radical (unpaired) electrons. The number of benzene rings is 2. The van der Waals surface area contributed by atoms with E-state index < -0.39 is 0 Å². The molecule has 4 heteroatoms. The number of nitrogens with zero attached hydrogens (tertiary/aromatic N) is 2. The lowest BCUT2D eigenvalue weighted by atomic mass is 10.0. The van der Waals surface area contributed by atoms with Crippen molar-refractivity contribution in [2.45, 2.75) is 19.0 Å². The van der Waals surface area contributed by atoms with Crippen molar-refractivity contribution < 1.29 is 9.90 Å². The third-order valence-corrected chi connectivity index (χ3v) is 4.05. The van der Waals surface area contributed by atoms with Crippen molar-refractivity contribution in [1.82, 2.24) is 9.80 Å². The normalized spacial score (nSPS) is 12.2. The van der Waals surface area contributed by atoms with Gasteiger partial charge in [-0.25, -0.2) is 0 Å². The highest BCUT2D eigenvalue weighted by atomic mass is 16.3. The van der Waals surface area contributed by atoms with E-state index in [1.165, 1.54) is 0 Å². The van der Waals surface area contributed by atoms with E-state index in [-0.39, 0.29) is 18.6 Å². The maximum Gasteiger partial charge on any atom is 0.254 e. The van der Waals surface area contributed by atoms with E-state index in [2.05, 4.69) is 4.90 Å². The van der Waals surface area contributed by atoms with Crippen molar-refractivity contribution in [3.05, 3.63) is 71.3 Å². The third kappa shape index (κ3) is 4.66. The minimum absolute atomic E-state index is 0.0297. The fourth-order valence-corrected chi connectivity index (χ4v) is 2.89. The number of rotatable bonds is 7. The molecule has 1 atom stereocenters. The minimum Gasteiger partial charge on any atom is -0.396 e. The Bertz CT molecular complexity index is 656. The highest BCUT2D eigenvalue weighted by molar-refractivity contribution is 5.94. The van der Waals surface area contributed by atoms with Gasteiger partial charge in [-0.15, -0.1) is 0 Å². The van der Waals surface area contributed by atoms with E-state index in [1.54, 1.807) is 11.9 Å². The van der Waals surface area contributed by atoms with Gasteiger partial charge in [0.05, 0.1) is 6.04 Å². The van der Waals surface area contributed by atoms with Crippen LogP contribution in [0.3, 0.4) is 0 Å². The van der Waals surface area contributed by atoms with Gasteiger partial charge in [-0.05, 0) is 43.8 Å². The number of amides is 1. The summed E-state index contributed by atoms with van der Waals surface area (Å²) < 4.78 is 0. The average molecular weight is 326 g/mol. The van der Waals surface area contributed by atoms with Crippen molar-refractivity contribution in [3.63, 3.8) is 0 Å². The first-order valence-electron chi connectivity index (χ1n) is 8.19. The molecule has 2 aromatic rings. The summed E-state index contributed by atoms with van der Waals surface area (Å²) in [7, 11) is 5.81. The van der Waals surface area contributed by atoms with E-state index in [1.807, 2.05) is 68.7 Å². The Labute approximate surface area is 144 Å². The van der Waals surface area contributed by atoms with E-state index in [0.717, 1.165) is 17.7 Å². The summed E-state index contributed by atoms with van der Waals surface area (Å²) in [6, 6.07) is 17.4. The SMILES string of the molecule is CN(C)Cc1cccc(C(=O)N(C)C(CCO)c2ccccc2)c1. The monoisotopic (exact) mass is 326 g/mol. The lowest BCUT2D eigenvalue weighted by Gasteiger charge is -2.28. The van der Waals surface area contributed by atoms with Crippen LogP contribution < -0.4 is 0 Å². The first-order valence-corrected chi connectivity index (χ1v) is 8.19. The summed E-state index contributed by atoms with van der Waals surface area (Å²) in [5.74, 6) is -0.0297. The maximum atomic E-state index is 12.9. The predicted molar refractivity (Wildman–Crippen MR) is 96.8 cm³/mol. The van der Waals surface area contributed by atoms with Crippen molar-refractivity contribution in [2.75, 3.05) is 27.7 Å². The summed E-state index contributed by atoms with van der Waals surface area (Å²) in [6.45, 7) is 0.835. The number of aliphatic hydroxyl groups excluding tert-OH is 1. The summed E-state index contributed by atoms with van der Waals surface area (Å²) >= 11 is 0. The number of aliphatic hydroxyl groups is 1. The molecule has 1 unspecified atom stereocenters. The Hall–Kier alpha value is -2.17. The number of hydrogen-bond donors (Lipinski definition) is 1. The molecule has 2 aromatic carbocycles. The van der Waals surface area contributed by atoms with Crippen molar-refractivity contribution in [2.24, 2.45) is 0 Å². The highest BCUT2D eigenvalue weighted by Gasteiger charge is 2.22. The Balaban J connectivity index is 2.23. The van der Waals surface area contributed by atoms with Crippen LogP contribution in [0.15, 0.2) is 54.6 Å². The average Bonchev–Trinajstić information content (AvgIpc) is 2.59. The molecule has 0 saturated heterocycles. The Kier molecular flexibility index (Phi) is 6.53. The Morgan fingerprint density at radius 1 is 1.04 bits per heavy atom. The second-order valence-corrected chi connectivity index (χ2v) is 6.29. The van der Waals surface area contributed by atoms with Crippen LogP contribution in [0.4, 0.5) is 0 Å². The Morgan fingerprint density at radius 2 is 1.75 bits per heavy atom. The van der Waals surface area contributed by atoms with Crippen LogP contribution in [0.2, 0.25) is 0 Å². The fraction of sp³-hybridized carbons (Fsp3) is 0.350. The standard InChI is InChI=1S/C20H26N2O2/c1-21(2)15-16-8-7-11-18(14-16)20(24)22(3)19(12-13-23)17-9-5-4-6-10-17/h4-11,14,19,23H,12-13,15H2,1-3H3. The van der Waals surface area contributed by atoms with E-state index >= 15 is 0 Å². The second kappa shape index (κ2) is 8.62. The van der Waals surface area contributed by atoms with Gasteiger partial charge in [-0.2, -0.15) is 0 Å². The summed E-state index contributed by atoms with van der Waals surface area (Å²) in [4.78, 5) is 16.7. The molecule has 0 aliphatic heterocycles. The van der Waals surface area contributed by atoms with Gasteiger partial charge in [-0.1, -0.05) is 42.5 Å². The third-order valence-electron chi connectivity index (χ3n) is 4.05. The smallest absolute Gasteiger partial charge is 0.254 e. The molecule has 0 bridgehead atoms. The van der Waals surface area contributed by atoms with Gasteiger partial charge < -0.3 is 14.9 Å². The molecule has 24 heavy (non-hydrogen) atoms. The molecule has 1 N–H and O–H groups in total.